The van der Waals surface area contributed by atoms with Gasteiger partial charge in [-0.3, -0.25) is 4.90 Å². The standard InChI is InChI=1S/C15H20N4O2/c1-15(2)14(20)13(19-5-3-4-6-19)9-7-10-11(17-18-16-10)8-12(9)21-15/h7,13-14,20H,3-6,8H2,1-2H3. The van der Waals surface area contributed by atoms with Crippen molar-refractivity contribution < 1.29 is 9.84 Å². The highest BCUT2D eigenvalue weighted by Gasteiger charge is 2.48. The molecule has 0 spiro atoms. The normalized spacial score (nSPS) is 34.2. The van der Waals surface area contributed by atoms with Gasteiger partial charge in [0.2, 0.25) is 0 Å². The smallest absolute Gasteiger partial charge is 0.131 e. The van der Waals surface area contributed by atoms with Gasteiger partial charge in [-0.25, -0.2) is 0 Å². The molecular weight excluding hydrogens is 268 g/mol. The van der Waals surface area contributed by atoms with Gasteiger partial charge in [-0.15, -0.1) is 10.2 Å². The number of rotatable bonds is 1. The third-order valence-corrected chi connectivity index (χ3v) is 4.81. The predicted molar refractivity (Wildman–Crippen MR) is 77.8 cm³/mol. The van der Waals surface area contributed by atoms with Crippen LogP contribution in [0.4, 0.5) is 0 Å². The topological polar surface area (TPSA) is 69.8 Å². The zero-order chi connectivity index (χ0) is 14.6. The monoisotopic (exact) mass is 288 g/mol. The molecule has 0 radical (unpaired) electrons. The Morgan fingerprint density at radius 1 is 1.33 bits per heavy atom. The average Bonchev–Trinajstić information content (AvgIpc) is 3.08. The van der Waals surface area contributed by atoms with Crippen LogP contribution in [0.3, 0.4) is 0 Å². The van der Waals surface area contributed by atoms with E-state index in [9.17, 15) is 5.11 Å². The van der Waals surface area contributed by atoms with E-state index in [2.05, 4.69) is 20.3 Å². The first kappa shape index (κ1) is 13.2. The summed E-state index contributed by atoms with van der Waals surface area (Å²) in [5, 5.41) is 22.7. The van der Waals surface area contributed by atoms with Gasteiger partial charge in [0.15, 0.2) is 0 Å². The van der Waals surface area contributed by atoms with Gasteiger partial charge < -0.3 is 9.84 Å². The summed E-state index contributed by atoms with van der Waals surface area (Å²) in [6, 6.07) is -0.0175. The lowest BCUT2D eigenvalue weighted by Crippen LogP contribution is -2.57. The van der Waals surface area contributed by atoms with E-state index < -0.39 is 11.7 Å². The van der Waals surface area contributed by atoms with Crippen LogP contribution in [0.2, 0.25) is 0 Å². The molecule has 21 heavy (non-hydrogen) atoms. The molecule has 0 aromatic heterocycles. The van der Waals surface area contributed by atoms with E-state index in [4.69, 9.17) is 4.74 Å². The molecule has 0 aromatic rings. The number of aliphatic hydroxyl groups excluding tert-OH is 1. The van der Waals surface area contributed by atoms with E-state index in [1.54, 1.807) is 0 Å². The van der Waals surface area contributed by atoms with Gasteiger partial charge in [-0.05, 0) is 51.1 Å². The van der Waals surface area contributed by atoms with Gasteiger partial charge in [0.05, 0.1) is 18.2 Å². The van der Waals surface area contributed by atoms with Gasteiger partial charge in [0.25, 0.3) is 0 Å². The number of allylic oxidation sites excluding steroid dienone is 2. The van der Waals surface area contributed by atoms with E-state index in [-0.39, 0.29) is 6.04 Å². The molecule has 0 amide bonds. The Kier molecular flexibility index (Phi) is 2.81. The molecule has 2 atom stereocenters. The summed E-state index contributed by atoms with van der Waals surface area (Å²) in [4.78, 5) is 2.37. The van der Waals surface area contributed by atoms with Crippen LogP contribution in [0.15, 0.2) is 38.5 Å². The molecule has 6 nitrogen and oxygen atoms in total. The Hall–Kier alpha value is -1.53. The molecule has 3 heterocycles. The van der Waals surface area contributed by atoms with Crippen molar-refractivity contribution in [2.45, 2.75) is 50.9 Å². The molecule has 1 aliphatic carbocycles. The molecule has 0 bridgehead atoms. The van der Waals surface area contributed by atoms with Crippen LogP contribution in [0.25, 0.3) is 0 Å². The predicted octanol–water partition coefficient (Wildman–Crippen LogP) is 1.98. The lowest BCUT2D eigenvalue weighted by atomic mass is 9.82. The highest BCUT2D eigenvalue weighted by Crippen LogP contribution is 2.41. The Balaban J connectivity index is 1.78. The number of hydrogen-bond donors (Lipinski definition) is 1. The molecule has 2 unspecified atom stereocenters. The number of aliphatic hydroxyl groups is 1. The highest BCUT2D eigenvalue weighted by molar-refractivity contribution is 6.03. The van der Waals surface area contributed by atoms with Crippen molar-refractivity contribution in [1.82, 2.24) is 4.90 Å². The van der Waals surface area contributed by atoms with E-state index in [0.29, 0.717) is 6.42 Å². The Bertz CT molecular complexity index is 597. The zero-order valence-electron chi connectivity index (χ0n) is 12.4. The summed E-state index contributed by atoms with van der Waals surface area (Å²) in [5.41, 5.74) is 2.14. The van der Waals surface area contributed by atoms with Crippen molar-refractivity contribution >= 4 is 5.71 Å². The molecule has 1 N–H and O–H groups in total. The summed E-state index contributed by atoms with van der Waals surface area (Å²) in [5.74, 6) is 0.914. The average molecular weight is 288 g/mol. The van der Waals surface area contributed by atoms with Crippen LogP contribution in [0.1, 0.15) is 33.1 Å². The second-order valence-electron chi connectivity index (χ2n) is 6.66. The number of nitrogens with zero attached hydrogens (tertiary/aromatic N) is 4. The summed E-state index contributed by atoms with van der Waals surface area (Å²) in [6.45, 7) is 5.96. The molecule has 4 rings (SSSR count). The third kappa shape index (κ3) is 1.97. The third-order valence-electron chi connectivity index (χ3n) is 4.81. The minimum atomic E-state index is -0.592. The van der Waals surface area contributed by atoms with Crippen molar-refractivity contribution in [3.63, 3.8) is 0 Å². The van der Waals surface area contributed by atoms with Gasteiger partial charge in [-0.2, -0.15) is 0 Å². The van der Waals surface area contributed by atoms with Crippen LogP contribution in [-0.4, -0.2) is 46.6 Å². The lowest BCUT2D eigenvalue weighted by Gasteiger charge is -2.46. The SMILES string of the molecule is CC1(C)OC2=C(C=C3N=NN=C3C2)C(N2CCCC2)C1O. The Labute approximate surface area is 123 Å². The van der Waals surface area contributed by atoms with E-state index >= 15 is 0 Å². The molecular formula is C15H20N4O2. The van der Waals surface area contributed by atoms with Gasteiger partial charge in [-0.1, -0.05) is 0 Å². The maximum Gasteiger partial charge on any atom is 0.131 e. The van der Waals surface area contributed by atoms with Crippen molar-refractivity contribution in [2.75, 3.05) is 13.1 Å². The molecule has 6 heteroatoms. The Morgan fingerprint density at radius 2 is 2.10 bits per heavy atom. The van der Waals surface area contributed by atoms with Crippen molar-refractivity contribution in [3.8, 4) is 0 Å². The van der Waals surface area contributed by atoms with Crippen molar-refractivity contribution in [2.24, 2.45) is 15.4 Å². The van der Waals surface area contributed by atoms with E-state index in [1.165, 1.54) is 12.8 Å². The molecule has 0 saturated carbocycles. The molecule has 4 aliphatic rings. The largest absolute Gasteiger partial charge is 0.489 e. The maximum absolute atomic E-state index is 10.8. The second-order valence-corrected chi connectivity index (χ2v) is 6.66. The van der Waals surface area contributed by atoms with E-state index in [0.717, 1.165) is 35.8 Å². The first-order chi connectivity index (χ1) is 10.1. The minimum Gasteiger partial charge on any atom is -0.489 e. The summed E-state index contributed by atoms with van der Waals surface area (Å²) >= 11 is 0. The van der Waals surface area contributed by atoms with Crippen LogP contribution in [0, 0.1) is 0 Å². The minimum absolute atomic E-state index is 0.0175. The van der Waals surface area contributed by atoms with Crippen LogP contribution < -0.4 is 0 Å². The first-order valence-electron chi connectivity index (χ1n) is 7.60. The molecule has 0 aromatic carbocycles. The van der Waals surface area contributed by atoms with Crippen molar-refractivity contribution in [1.29, 1.82) is 0 Å². The second kappa shape index (κ2) is 4.48. The quantitative estimate of drug-likeness (QED) is 0.802. The fourth-order valence-corrected chi connectivity index (χ4v) is 3.64. The summed E-state index contributed by atoms with van der Waals surface area (Å²) < 4.78 is 6.08. The van der Waals surface area contributed by atoms with Gasteiger partial charge >= 0.3 is 0 Å². The fourth-order valence-electron chi connectivity index (χ4n) is 3.64. The van der Waals surface area contributed by atoms with E-state index in [1.807, 2.05) is 19.9 Å². The number of fused-ring (bicyclic) bond motifs is 1. The van der Waals surface area contributed by atoms with Crippen molar-refractivity contribution in [3.05, 3.63) is 23.1 Å². The number of ether oxygens (including phenoxy) is 1. The maximum atomic E-state index is 10.8. The molecule has 1 saturated heterocycles. The van der Waals surface area contributed by atoms with Crippen LogP contribution in [0.5, 0.6) is 0 Å². The highest BCUT2D eigenvalue weighted by atomic mass is 16.5. The van der Waals surface area contributed by atoms with Crippen LogP contribution in [-0.2, 0) is 4.74 Å². The zero-order valence-corrected chi connectivity index (χ0v) is 12.4. The number of hydrogen-bond acceptors (Lipinski definition) is 6. The van der Waals surface area contributed by atoms with Gasteiger partial charge in [0, 0.05) is 5.57 Å². The fraction of sp³-hybridized carbons (Fsp3) is 0.667. The Morgan fingerprint density at radius 3 is 2.86 bits per heavy atom. The van der Waals surface area contributed by atoms with Gasteiger partial charge in [0.1, 0.15) is 23.2 Å². The molecule has 1 fully saturated rings. The molecule has 112 valence electrons. The van der Waals surface area contributed by atoms with Crippen LogP contribution >= 0.6 is 0 Å². The molecule has 3 aliphatic heterocycles. The summed E-state index contributed by atoms with van der Waals surface area (Å²) in [7, 11) is 0. The number of likely N-dealkylation sites (tertiary alicyclic amines) is 1. The first-order valence-corrected chi connectivity index (χ1v) is 7.60. The summed E-state index contributed by atoms with van der Waals surface area (Å²) in [6.07, 6.45) is 4.44. The lowest BCUT2D eigenvalue weighted by molar-refractivity contribution is -0.112.